The zero-order valence-electron chi connectivity index (χ0n) is 18.2. The Kier molecular flexibility index (Phi) is 6.81. The molecule has 0 aromatic heterocycles. The van der Waals surface area contributed by atoms with Gasteiger partial charge in [0.1, 0.15) is 17.3 Å². The number of aromatic hydroxyl groups is 2. The molecule has 3 rings (SSSR count). The average Bonchev–Trinajstić information content (AvgIpc) is 2.65. The standard InChI is InChI=1S/C23H30N2O6/c1-4-31-22(29)21-17(12-30-6-5-24)25-16-10-23(2,3)11-18(28)20(16)19(21)13-7-14(26)9-15(27)8-13/h7-9,19-20,26-27H,4-6,10-12,24H2,1-3H3. The van der Waals surface area contributed by atoms with Crippen molar-refractivity contribution in [1.29, 1.82) is 0 Å². The van der Waals surface area contributed by atoms with Crippen molar-refractivity contribution >= 4 is 17.5 Å². The molecule has 2 unspecified atom stereocenters. The predicted octanol–water partition coefficient (Wildman–Crippen LogP) is 2.43. The third-order valence-electron chi connectivity index (χ3n) is 5.53. The van der Waals surface area contributed by atoms with E-state index in [1.165, 1.54) is 18.2 Å². The molecule has 2 aliphatic rings. The number of ketones is 1. The lowest BCUT2D eigenvalue weighted by Crippen LogP contribution is -2.44. The summed E-state index contributed by atoms with van der Waals surface area (Å²) in [5, 5.41) is 20.2. The quantitative estimate of drug-likeness (QED) is 0.447. The number of esters is 1. The molecule has 0 amide bonds. The van der Waals surface area contributed by atoms with Crippen molar-refractivity contribution in [1.82, 2.24) is 0 Å². The number of ether oxygens (including phenoxy) is 2. The minimum atomic E-state index is -0.746. The van der Waals surface area contributed by atoms with Crippen LogP contribution in [0, 0.1) is 11.3 Å². The Morgan fingerprint density at radius 3 is 2.48 bits per heavy atom. The topological polar surface area (TPSA) is 131 Å². The van der Waals surface area contributed by atoms with Crippen molar-refractivity contribution in [2.75, 3.05) is 26.4 Å². The fourth-order valence-corrected chi connectivity index (χ4v) is 4.47. The molecular formula is C23H30N2O6. The zero-order chi connectivity index (χ0) is 22.8. The lowest BCUT2D eigenvalue weighted by molar-refractivity contribution is -0.139. The highest BCUT2D eigenvalue weighted by Gasteiger charge is 2.48. The Bertz CT molecular complexity index is 914. The Morgan fingerprint density at radius 2 is 1.87 bits per heavy atom. The molecule has 1 saturated carbocycles. The molecule has 1 aliphatic carbocycles. The Hall–Kier alpha value is -2.71. The number of fused-ring (bicyclic) bond motifs is 1. The maximum atomic E-state index is 13.3. The van der Waals surface area contributed by atoms with E-state index in [0.717, 1.165) is 0 Å². The first-order chi connectivity index (χ1) is 14.7. The van der Waals surface area contributed by atoms with Gasteiger partial charge < -0.3 is 25.4 Å². The van der Waals surface area contributed by atoms with Crippen molar-refractivity contribution in [3.05, 3.63) is 35.0 Å². The molecule has 1 fully saturated rings. The van der Waals surface area contributed by atoms with E-state index in [1.807, 2.05) is 13.8 Å². The van der Waals surface area contributed by atoms with Crippen LogP contribution >= 0.6 is 0 Å². The average molecular weight is 431 g/mol. The molecule has 8 nitrogen and oxygen atoms in total. The number of phenolic OH excluding ortho intramolecular Hbond substituents is 2. The molecule has 0 spiro atoms. The lowest BCUT2D eigenvalue weighted by atomic mass is 9.63. The maximum Gasteiger partial charge on any atom is 0.336 e. The first kappa shape index (κ1) is 23.0. The van der Waals surface area contributed by atoms with Gasteiger partial charge in [-0.05, 0) is 36.5 Å². The lowest BCUT2D eigenvalue weighted by Gasteiger charge is -2.41. The molecule has 1 aromatic rings. The fourth-order valence-electron chi connectivity index (χ4n) is 4.47. The second-order valence-corrected chi connectivity index (χ2v) is 8.75. The smallest absolute Gasteiger partial charge is 0.336 e. The first-order valence-corrected chi connectivity index (χ1v) is 10.5. The number of carbonyl (C=O) groups is 2. The van der Waals surface area contributed by atoms with Gasteiger partial charge in [-0.25, -0.2) is 4.79 Å². The van der Waals surface area contributed by atoms with Gasteiger partial charge in [0.25, 0.3) is 0 Å². The summed E-state index contributed by atoms with van der Waals surface area (Å²) in [5.41, 5.74) is 6.99. The second-order valence-electron chi connectivity index (χ2n) is 8.75. The number of benzene rings is 1. The van der Waals surface area contributed by atoms with Crippen LogP contribution in [0.5, 0.6) is 11.5 Å². The molecule has 168 valence electrons. The van der Waals surface area contributed by atoms with E-state index >= 15 is 0 Å². The van der Waals surface area contributed by atoms with Gasteiger partial charge in [-0.2, -0.15) is 0 Å². The van der Waals surface area contributed by atoms with Gasteiger partial charge in [0.2, 0.25) is 0 Å². The summed E-state index contributed by atoms with van der Waals surface area (Å²) in [5.74, 6) is -2.37. The molecular weight excluding hydrogens is 400 g/mol. The molecule has 31 heavy (non-hydrogen) atoms. The monoisotopic (exact) mass is 430 g/mol. The number of hydrogen-bond acceptors (Lipinski definition) is 8. The van der Waals surface area contributed by atoms with Gasteiger partial charge in [-0.3, -0.25) is 9.79 Å². The minimum Gasteiger partial charge on any atom is -0.508 e. The second kappa shape index (κ2) is 9.20. The molecule has 2 atom stereocenters. The van der Waals surface area contributed by atoms with Crippen LogP contribution in [0.25, 0.3) is 0 Å². The Balaban J connectivity index is 2.21. The van der Waals surface area contributed by atoms with Crippen LogP contribution in [-0.4, -0.2) is 54.0 Å². The summed E-state index contributed by atoms with van der Waals surface area (Å²) >= 11 is 0. The van der Waals surface area contributed by atoms with E-state index < -0.39 is 17.8 Å². The van der Waals surface area contributed by atoms with Gasteiger partial charge in [0.05, 0.1) is 37.0 Å². The minimum absolute atomic E-state index is 0.0356. The number of hydrogen-bond donors (Lipinski definition) is 3. The summed E-state index contributed by atoms with van der Waals surface area (Å²) < 4.78 is 10.9. The molecule has 4 N–H and O–H groups in total. The number of nitrogens with zero attached hydrogens (tertiary/aromatic N) is 1. The van der Waals surface area contributed by atoms with Crippen LogP contribution < -0.4 is 5.73 Å². The van der Waals surface area contributed by atoms with Crippen LogP contribution in [0.3, 0.4) is 0 Å². The van der Waals surface area contributed by atoms with Crippen molar-refractivity contribution in [2.24, 2.45) is 22.1 Å². The molecule has 0 bridgehead atoms. The Labute approximate surface area is 181 Å². The van der Waals surface area contributed by atoms with Gasteiger partial charge in [0.15, 0.2) is 0 Å². The molecule has 0 saturated heterocycles. The van der Waals surface area contributed by atoms with Crippen molar-refractivity contribution in [2.45, 2.75) is 39.5 Å². The number of rotatable bonds is 7. The number of carbonyl (C=O) groups excluding carboxylic acids is 2. The van der Waals surface area contributed by atoms with Gasteiger partial charge in [-0.15, -0.1) is 0 Å². The predicted molar refractivity (Wildman–Crippen MR) is 115 cm³/mol. The maximum absolute atomic E-state index is 13.3. The van der Waals surface area contributed by atoms with Crippen molar-refractivity contribution in [3.63, 3.8) is 0 Å². The highest BCUT2D eigenvalue weighted by molar-refractivity contribution is 6.12. The number of phenols is 2. The van der Waals surface area contributed by atoms with Crippen LogP contribution in [0.1, 0.15) is 45.1 Å². The SMILES string of the molecule is CCOC(=O)C1=C(COCCN)N=C2CC(C)(C)CC(=O)C2C1c1cc(O)cc(O)c1. The third-order valence-corrected chi connectivity index (χ3v) is 5.53. The van der Waals surface area contributed by atoms with E-state index in [0.29, 0.717) is 36.4 Å². The van der Waals surface area contributed by atoms with Gasteiger partial charge in [0, 0.05) is 30.7 Å². The summed E-state index contributed by atoms with van der Waals surface area (Å²) in [4.78, 5) is 31.0. The third kappa shape index (κ3) is 4.97. The number of aliphatic imine (C=N–C) groups is 1. The van der Waals surface area contributed by atoms with Crippen LogP contribution in [0.15, 0.2) is 34.5 Å². The zero-order valence-corrected chi connectivity index (χ0v) is 18.2. The van der Waals surface area contributed by atoms with Gasteiger partial charge >= 0.3 is 5.97 Å². The molecule has 1 heterocycles. The summed E-state index contributed by atoms with van der Waals surface area (Å²) in [7, 11) is 0. The number of Topliss-reactive ketones (excluding diaryl/α,β-unsaturated/α-hetero) is 1. The van der Waals surface area contributed by atoms with Crippen LogP contribution in [0.2, 0.25) is 0 Å². The summed E-state index contributed by atoms with van der Waals surface area (Å²) in [6, 6.07) is 4.11. The molecule has 1 aromatic carbocycles. The molecule has 0 radical (unpaired) electrons. The van der Waals surface area contributed by atoms with E-state index in [9.17, 15) is 19.8 Å². The highest BCUT2D eigenvalue weighted by atomic mass is 16.5. The van der Waals surface area contributed by atoms with Crippen molar-refractivity contribution < 1.29 is 29.3 Å². The number of nitrogens with two attached hydrogens (primary N) is 1. The normalized spacial score (nSPS) is 22.7. The molecule has 1 aliphatic heterocycles. The summed E-state index contributed by atoms with van der Waals surface area (Å²) in [6.07, 6.45) is 0.925. The van der Waals surface area contributed by atoms with Crippen LogP contribution in [-0.2, 0) is 19.1 Å². The van der Waals surface area contributed by atoms with Crippen LogP contribution in [0.4, 0.5) is 0 Å². The first-order valence-electron chi connectivity index (χ1n) is 10.5. The van der Waals surface area contributed by atoms with E-state index in [1.54, 1.807) is 6.92 Å². The van der Waals surface area contributed by atoms with E-state index in [4.69, 9.17) is 20.2 Å². The van der Waals surface area contributed by atoms with E-state index in [2.05, 4.69) is 0 Å². The highest BCUT2D eigenvalue weighted by Crippen LogP contribution is 2.48. The van der Waals surface area contributed by atoms with E-state index in [-0.39, 0.29) is 48.1 Å². The van der Waals surface area contributed by atoms with Gasteiger partial charge in [-0.1, -0.05) is 13.8 Å². The summed E-state index contributed by atoms with van der Waals surface area (Å²) in [6.45, 7) is 6.51. The van der Waals surface area contributed by atoms with Crippen molar-refractivity contribution in [3.8, 4) is 11.5 Å². The Morgan fingerprint density at radius 1 is 1.19 bits per heavy atom. The fraction of sp³-hybridized carbons (Fsp3) is 0.522. The largest absolute Gasteiger partial charge is 0.508 e. The molecule has 8 heteroatoms.